The zero-order valence-electron chi connectivity index (χ0n) is 12.9. The zero-order valence-corrected chi connectivity index (χ0v) is 14.6. The van der Waals surface area contributed by atoms with Crippen LogP contribution in [0.25, 0.3) is 40.7 Å². The first kappa shape index (κ1) is 14.6. The van der Waals surface area contributed by atoms with E-state index in [1.165, 1.54) is 25.9 Å². The molecule has 2 aromatic heterocycles. The molecule has 25 heavy (non-hydrogen) atoms. The molecule has 5 rings (SSSR count). The lowest BCUT2D eigenvalue weighted by atomic mass is 10.1. The van der Waals surface area contributed by atoms with Crippen LogP contribution in [-0.2, 0) is 0 Å². The zero-order chi connectivity index (χ0) is 17.0. The van der Waals surface area contributed by atoms with E-state index in [9.17, 15) is 10.1 Å². The molecule has 0 aliphatic rings. The van der Waals surface area contributed by atoms with Crippen LogP contribution in [0.4, 0.5) is 5.69 Å². The predicted molar refractivity (Wildman–Crippen MR) is 107 cm³/mol. The number of nitrogens with zero attached hydrogens (tertiary/aromatic N) is 1. The molecule has 0 aliphatic heterocycles. The third-order valence-corrected chi connectivity index (χ3v) is 6.90. The Hall–Kier alpha value is -2.76. The number of thiophene rings is 2. The molecule has 0 saturated carbocycles. The van der Waals surface area contributed by atoms with E-state index in [4.69, 9.17) is 0 Å². The van der Waals surface area contributed by atoms with Gasteiger partial charge in [-0.3, -0.25) is 10.1 Å². The van der Waals surface area contributed by atoms with Gasteiger partial charge in [0.2, 0.25) is 0 Å². The van der Waals surface area contributed by atoms with Crippen LogP contribution < -0.4 is 0 Å². The van der Waals surface area contributed by atoms with Crippen molar-refractivity contribution in [2.75, 3.05) is 0 Å². The Balaban J connectivity index is 1.77. The Morgan fingerprint density at radius 2 is 1.48 bits per heavy atom. The molecule has 0 aliphatic carbocycles. The molecule has 0 amide bonds. The second-order valence-corrected chi connectivity index (χ2v) is 7.98. The highest BCUT2D eigenvalue weighted by molar-refractivity contribution is 7.36. The normalized spacial score (nSPS) is 11.5. The molecule has 2 heterocycles. The summed E-state index contributed by atoms with van der Waals surface area (Å²) in [7, 11) is 0. The molecule has 0 radical (unpaired) electrons. The minimum absolute atomic E-state index is 0.148. The van der Waals surface area contributed by atoms with E-state index in [1.54, 1.807) is 34.8 Å². The maximum atomic E-state index is 11.1. The minimum atomic E-state index is -0.330. The van der Waals surface area contributed by atoms with E-state index in [1.807, 2.05) is 24.3 Å². The van der Waals surface area contributed by atoms with Crippen molar-refractivity contribution in [3.63, 3.8) is 0 Å². The molecular formula is C20H11NO2S2. The number of hydrogen-bond acceptors (Lipinski definition) is 4. The van der Waals surface area contributed by atoms with Crippen LogP contribution in [0.15, 0.2) is 66.7 Å². The first-order valence-electron chi connectivity index (χ1n) is 7.79. The highest BCUT2D eigenvalue weighted by atomic mass is 32.1. The number of rotatable bonds is 2. The summed E-state index contributed by atoms with van der Waals surface area (Å²) in [6, 6.07) is 22.0. The molecule has 5 heteroatoms. The molecule has 0 spiro atoms. The molecular weight excluding hydrogens is 350 g/mol. The van der Waals surface area contributed by atoms with Crippen molar-refractivity contribution in [2.24, 2.45) is 0 Å². The quantitative estimate of drug-likeness (QED) is 0.255. The number of nitro benzene ring substituents is 1. The summed E-state index contributed by atoms with van der Waals surface area (Å²) in [6.45, 7) is 0. The summed E-state index contributed by atoms with van der Waals surface area (Å²) in [6.07, 6.45) is 0. The lowest BCUT2D eigenvalue weighted by Gasteiger charge is -2.01. The van der Waals surface area contributed by atoms with E-state index in [0.717, 1.165) is 14.8 Å². The number of benzene rings is 3. The SMILES string of the molecule is O=[N+]([O-])c1ccc2sc3c4ccc(-c5ccccc5)cc4sc3c2c1. The molecule has 0 atom stereocenters. The first-order chi connectivity index (χ1) is 12.2. The molecule has 3 nitrogen and oxygen atoms in total. The van der Waals surface area contributed by atoms with Crippen molar-refractivity contribution in [3.8, 4) is 11.1 Å². The maximum absolute atomic E-state index is 11.1. The van der Waals surface area contributed by atoms with Crippen molar-refractivity contribution in [1.82, 2.24) is 0 Å². The van der Waals surface area contributed by atoms with Crippen LogP contribution in [0.3, 0.4) is 0 Å². The van der Waals surface area contributed by atoms with Crippen molar-refractivity contribution >= 4 is 57.9 Å². The molecule has 5 aromatic rings. The molecule has 0 bridgehead atoms. The van der Waals surface area contributed by atoms with Gasteiger partial charge in [-0.25, -0.2) is 0 Å². The van der Waals surface area contributed by atoms with Gasteiger partial charge >= 0.3 is 0 Å². The fourth-order valence-corrected chi connectivity index (χ4v) is 5.83. The van der Waals surface area contributed by atoms with Crippen LogP contribution in [0.2, 0.25) is 0 Å². The number of nitro groups is 1. The molecule has 0 N–H and O–H groups in total. The van der Waals surface area contributed by atoms with Crippen LogP contribution in [0.5, 0.6) is 0 Å². The van der Waals surface area contributed by atoms with Crippen molar-refractivity contribution < 1.29 is 4.92 Å². The summed E-state index contributed by atoms with van der Waals surface area (Å²) in [5.74, 6) is 0. The van der Waals surface area contributed by atoms with Crippen LogP contribution in [0, 0.1) is 10.1 Å². The number of fused-ring (bicyclic) bond motifs is 5. The van der Waals surface area contributed by atoms with Crippen molar-refractivity contribution in [2.45, 2.75) is 0 Å². The standard InChI is InChI=1S/C20H11NO2S2/c22-21(23)14-7-9-17-16(11-14)20-19(24-17)15-8-6-13(10-18(15)25-20)12-4-2-1-3-5-12/h1-11H. The van der Waals surface area contributed by atoms with Gasteiger partial charge < -0.3 is 0 Å². The second kappa shape index (κ2) is 5.37. The summed E-state index contributed by atoms with van der Waals surface area (Å²) < 4.78 is 4.68. The molecule has 3 aromatic carbocycles. The Bertz CT molecular complexity index is 1270. The van der Waals surface area contributed by atoms with E-state index < -0.39 is 0 Å². The molecule has 120 valence electrons. The monoisotopic (exact) mass is 361 g/mol. The summed E-state index contributed by atoms with van der Waals surface area (Å²) in [5.41, 5.74) is 2.54. The lowest BCUT2D eigenvalue weighted by molar-refractivity contribution is -0.384. The van der Waals surface area contributed by atoms with Gasteiger partial charge in [-0.15, -0.1) is 22.7 Å². The summed E-state index contributed by atoms with van der Waals surface area (Å²) in [5, 5.41) is 13.3. The third-order valence-electron chi connectivity index (χ3n) is 4.38. The summed E-state index contributed by atoms with van der Waals surface area (Å²) >= 11 is 3.42. The fourth-order valence-electron chi connectivity index (χ4n) is 3.17. The van der Waals surface area contributed by atoms with Gasteiger partial charge in [-0.2, -0.15) is 0 Å². The smallest absolute Gasteiger partial charge is 0.258 e. The average molecular weight is 361 g/mol. The maximum Gasteiger partial charge on any atom is 0.270 e. The van der Waals surface area contributed by atoms with Gasteiger partial charge in [0.05, 0.1) is 14.3 Å². The van der Waals surface area contributed by atoms with Crippen molar-refractivity contribution in [1.29, 1.82) is 0 Å². The van der Waals surface area contributed by atoms with Gasteiger partial charge in [0.1, 0.15) is 0 Å². The Morgan fingerprint density at radius 3 is 2.28 bits per heavy atom. The minimum Gasteiger partial charge on any atom is -0.258 e. The summed E-state index contributed by atoms with van der Waals surface area (Å²) in [4.78, 5) is 10.8. The molecule has 0 fully saturated rings. The van der Waals surface area contributed by atoms with E-state index in [0.29, 0.717) is 0 Å². The van der Waals surface area contributed by atoms with Gasteiger partial charge in [0.15, 0.2) is 0 Å². The van der Waals surface area contributed by atoms with Gasteiger partial charge in [0.25, 0.3) is 5.69 Å². The first-order valence-corrected chi connectivity index (χ1v) is 9.42. The predicted octanol–water partition coefficient (Wildman–Crippen LogP) is 6.84. The highest BCUT2D eigenvalue weighted by Gasteiger charge is 2.15. The van der Waals surface area contributed by atoms with Gasteiger partial charge in [-0.1, -0.05) is 42.5 Å². The number of hydrogen-bond donors (Lipinski definition) is 0. The third kappa shape index (κ3) is 2.24. The Kier molecular flexibility index (Phi) is 3.13. The van der Waals surface area contributed by atoms with Crippen LogP contribution in [-0.4, -0.2) is 4.92 Å². The molecule has 0 unspecified atom stereocenters. The molecule has 0 saturated heterocycles. The Morgan fingerprint density at radius 1 is 0.720 bits per heavy atom. The topological polar surface area (TPSA) is 43.1 Å². The van der Waals surface area contributed by atoms with E-state index in [2.05, 4.69) is 30.3 Å². The highest BCUT2D eigenvalue weighted by Crippen LogP contribution is 2.45. The number of non-ortho nitro benzene ring substituents is 1. The lowest BCUT2D eigenvalue weighted by Crippen LogP contribution is -1.85. The Labute approximate surface area is 150 Å². The largest absolute Gasteiger partial charge is 0.270 e. The van der Waals surface area contributed by atoms with E-state index in [-0.39, 0.29) is 10.6 Å². The van der Waals surface area contributed by atoms with E-state index >= 15 is 0 Å². The van der Waals surface area contributed by atoms with Crippen molar-refractivity contribution in [3.05, 3.63) is 76.8 Å². The van der Waals surface area contributed by atoms with Crippen LogP contribution >= 0.6 is 22.7 Å². The second-order valence-electron chi connectivity index (χ2n) is 5.88. The average Bonchev–Trinajstić information content (AvgIpc) is 3.17. The fraction of sp³-hybridized carbons (Fsp3) is 0. The van der Waals surface area contributed by atoms with Gasteiger partial charge in [0, 0.05) is 32.3 Å². The van der Waals surface area contributed by atoms with Crippen LogP contribution in [0.1, 0.15) is 0 Å². The van der Waals surface area contributed by atoms with Gasteiger partial charge in [-0.05, 0) is 23.3 Å².